The van der Waals surface area contributed by atoms with Gasteiger partial charge in [0.15, 0.2) is 35.2 Å². The van der Waals surface area contributed by atoms with Crippen LogP contribution in [0.1, 0.15) is 33.7 Å². The van der Waals surface area contributed by atoms with Crippen molar-refractivity contribution in [1.29, 1.82) is 0 Å². The number of Topliss-reactive ketones (excluding diaryl/α,β-unsaturated/α-hetero) is 1. The number of nitrogen functional groups attached to an aromatic ring is 1. The smallest absolute Gasteiger partial charge is 0.358 e. The fourth-order valence-electron chi connectivity index (χ4n) is 2.41. The molecule has 0 atom stereocenters. The lowest BCUT2D eigenvalue weighted by atomic mass is 10.1. The number of aromatic nitrogens is 4. The third-order valence-corrected chi connectivity index (χ3v) is 3.95. The first-order chi connectivity index (χ1) is 14.3. The van der Waals surface area contributed by atoms with Gasteiger partial charge in [-0.2, -0.15) is 9.90 Å². The highest BCUT2D eigenvalue weighted by molar-refractivity contribution is 6.30. The molecule has 30 heavy (non-hydrogen) atoms. The Labute approximate surface area is 174 Å². The Morgan fingerprint density at radius 3 is 2.67 bits per heavy atom. The van der Waals surface area contributed by atoms with Gasteiger partial charge in [-0.25, -0.2) is 9.78 Å². The molecule has 10 nitrogen and oxygen atoms in total. The highest BCUT2D eigenvalue weighted by atomic mass is 35.5. The number of carbonyl (C=O) groups is 2. The molecule has 0 spiro atoms. The van der Waals surface area contributed by atoms with Crippen LogP contribution in [0.25, 0.3) is 11.3 Å². The van der Waals surface area contributed by atoms with Crippen LogP contribution < -0.4 is 5.73 Å². The quantitative estimate of drug-likeness (QED) is 0.454. The summed E-state index contributed by atoms with van der Waals surface area (Å²) in [5.74, 6) is 0.298. The second-order valence-corrected chi connectivity index (χ2v) is 6.40. The summed E-state index contributed by atoms with van der Waals surface area (Å²) in [4.78, 5) is 26.8. The summed E-state index contributed by atoms with van der Waals surface area (Å²) >= 11 is 5.78. The maximum absolute atomic E-state index is 11.0. The number of ketones is 1. The number of halogens is 1. The van der Waals surface area contributed by atoms with E-state index in [1.165, 1.54) is 17.9 Å². The molecule has 0 amide bonds. The van der Waals surface area contributed by atoms with Gasteiger partial charge >= 0.3 is 5.97 Å². The van der Waals surface area contributed by atoms with Crippen molar-refractivity contribution in [1.82, 2.24) is 20.0 Å². The van der Waals surface area contributed by atoms with Gasteiger partial charge in [0.05, 0.1) is 6.20 Å². The normalized spacial score (nSPS) is 10.3. The van der Waals surface area contributed by atoms with E-state index in [0.29, 0.717) is 34.5 Å². The number of carboxylic acids is 1. The van der Waals surface area contributed by atoms with E-state index in [9.17, 15) is 9.59 Å². The summed E-state index contributed by atoms with van der Waals surface area (Å²) < 4.78 is 10.3. The van der Waals surface area contributed by atoms with E-state index in [1.807, 2.05) is 0 Å². The molecule has 3 N–H and O–H groups in total. The van der Waals surface area contributed by atoms with Crippen LogP contribution in [0.3, 0.4) is 0 Å². The van der Waals surface area contributed by atoms with E-state index >= 15 is 0 Å². The molecule has 4 aromatic rings. The number of hydrogen-bond donors (Lipinski definition) is 2. The molecule has 0 unspecified atom stereocenters. The molecule has 1 aromatic carbocycles. The summed E-state index contributed by atoms with van der Waals surface area (Å²) in [5, 5.41) is 17.1. The number of carbonyl (C=O) groups excluding carboxylic acids is 1. The number of nitrogens with zero attached hydrogens (tertiary/aromatic N) is 4. The Hall–Kier alpha value is -3.92. The lowest BCUT2D eigenvalue weighted by molar-refractivity contribution is 0.0691. The van der Waals surface area contributed by atoms with E-state index in [4.69, 9.17) is 31.3 Å². The average molecular weight is 430 g/mol. The third-order valence-electron chi connectivity index (χ3n) is 3.72. The monoisotopic (exact) mass is 429 g/mol. The summed E-state index contributed by atoms with van der Waals surface area (Å²) in [6, 6.07) is 10.1. The van der Waals surface area contributed by atoms with Crippen molar-refractivity contribution in [3.63, 3.8) is 0 Å². The van der Waals surface area contributed by atoms with Gasteiger partial charge in [0.1, 0.15) is 12.3 Å². The first-order valence-corrected chi connectivity index (χ1v) is 8.89. The predicted octanol–water partition coefficient (Wildman–Crippen LogP) is 3.40. The Bertz CT molecular complexity index is 1180. The fraction of sp³-hybridized carbons (Fsp3) is 0.105. The number of anilines is 1. The molecule has 0 saturated heterocycles. The molecule has 154 valence electrons. The van der Waals surface area contributed by atoms with Crippen LogP contribution in [-0.4, -0.2) is 36.8 Å². The van der Waals surface area contributed by atoms with Gasteiger partial charge < -0.3 is 19.7 Å². The van der Waals surface area contributed by atoms with E-state index in [1.54, 1.807) is 36.4 Å². The van der Waals surface area contributed by atoms with Crippen LogP contribution >= 0.6 is 11.6 Å². The zero-order valence-electron chi connectivity index (χ0n) is 15.7. The molecule has 0 aliphatic rings. The Morgan fingerprint density at radius 2 is 2.07 bits per heavy atom. The molecule has 3 aromatic heterocycles. The summed E-state index contributed by atoms with van der Waals surface area (Å²) in [6.07, 6.45) is 2.55. The van der Waals surface area contributed by atoms with Crippen molar-refractivity contribution < 1.29 is 23.5 Å². The molecule has 0 saturated carbocycles. The number of hydrogen-bond acceptors (Lipinski definition) is 8. The maximum Gasteiger partial charge on any atom is 0.358 e. The minimum atomic E-state index is -1.13. The number of rotatable bonds is 5. The lowest BCUT2D eigenvalue weighted by Crippen LogP contribution is -2.03. The molecule has 0 aliphatic carbocycles. The number of nitrogens with two attached hydrogens (primary N) is 1. The minimum Gasteiger partial charge on any atom is -0.476 e. The second kappa shape index (κ2) is 9.05. The molecule has 3 heterocycles. The summed E-state index contributed by atoms with van der Waals surface area (Å²) in [7, 11) is 0. The standard InChI is InChI=1S/C10H6ClNO3.C9H10N4O2/c11-7-3-1-2-6(4-7)9-8(10(13)14)12-5-15-9;1-6(14)8-3-2-7(15-8)5-13-11-4-9(10)12-13/h1-5H,(H,13,14);2-4H,5H2,1H3,(H2,10,12). The molecule has 4 rings (SSSR count). The molecular formula is C19H16ClN5O5. The number of oxazole rings is 1. The van der Waals surface area contributed by atoms with E-state index in [2.05, 4.69) is 15.2 Å². The van der Waals surface area contributed by atoms with Gasteiger partial charge in [-0.1, -0.05) is 23.7 Å². The van der Waals surface area contributed by atoms with Crippen molar-refractivity contribution in [2.24, 2.45) is 0 Å². The zero-order valence-corrected chi connectivity index (χ0v) is 16.4. The largest absolute Gasteiger partial charge is 0.476 e. The number of aromatic carboxylic acids is 1. The number of furan rings is 1. The van der Waals surface area contributed by atoms with Crippen molar-refractivity contribution in [3.05, 3.63) is 71.2 Å². The number of benzene rings is 1. The maximum atomic E-state index is 11.0. The predicted molar refractivity (Wildman–Crippen MR) is 106 cm³/mol. The van der Waals surface area contributed by atoms with E-state index in [0.717, 1.165) is 6.39 Å². The summed E-state index contributed by atoms with van der Waals surface area (Å²) in [5.41, 5.74) is 5.89. The lowest BCUT2D eigenvalue weighted by Gasteiger charge is -1.98. The molecule has 0 aliphatic heterocycles. The Balaban J connectivity index is 0.000000171. The molecule has 0 fully saturated rings. The van der Waals surface area contributed by atoms with Gasteiger partial charge in [-0.05, 0) is 24.3 Å². The van der Waals surface area contributed by atoms with Gasteiger partial charge in [0, 0.05) is 17.5 Å². The zero-order chi connectivity index (χ0) is 21.7. The van der Waals surface area contributed by atoms with Crippen LogP contribution in [0, 0.1) is 0 Å². The van der Waals surface area contributed by atoms with Crippen LogP contribution in [0.5, 0.6) is 0 Å². The van der Waals surface area contributed by atoms with E-state index < -0.39 is 5.97 Å². The minimum absolute atomic E-state index is 0.103. The van der Waals surface area contributed by atoms with E-state index in [-0.39, 0.29) is 17.2 Å². The Morgan fingerprint density at radius 1 is 1.27 bits per heavy atom. The number of carboxylic acid groups (broad SMARTS) is 1. The topological polar surface area (TPSA) is 150 Å². The van der Waals surface area contributed by atoms with Crippen molar-refractivity contribution in [2.45, 2.75) is 13.5 Å². The SMILES string of the molecule is CC(=O)c1ccc(Cn2ncc(N)n2)o1.O=C(O)c1ncoc1-c1cccc(Cl)c1. The Kier molecular flexibility index (Phi) is 6.28. The first kappa shape index (κ1) is 20.8. The summed E-state index contributed by atoms with van der Waals surface area (Å²) in [6.45, 7) is 1.82. The highest BCUT2D eigenvalue weighted by Gasteiger charge is 2.17. The second-order valence-electron chi connectivity index (χ2n) is 5.97. The van der Waals surface area contributed by atoms with Crippen LogP contribution in [0.2, 0.25) is 5.02 Å². The van der Waals surface area contributed by atoms with Gasteiger partial charge in [0.25, 0.3) is 0 Å². The van der Waals surface area contributed by atoms with Crippen molar-refractivity contribution in [2.75, 3.05) is 5.73 Å². The fourth-order valence-corrected chi connectivity index (χ4v) is 2.60. The molecule has 0 bridgehead atoms. The average Bonchev–Trinajstić information content (AvgIpc) is 3.43. The van der Waals surface area contributed by atoms with Gasteiger partial charge in [-0.3, -0.25) is 4.79 Å². The highest BCUT2D eigenvalue weighted by Crippen LogP contribution is 2.25. The molecular weight excluding hydrogens is 414 g/mol. The van der Waals surface area contributed by atoms with Gasteiger partial charge in [-0.15, -0.1) is 5.10 Å². The van der Waals surface area contributed by atoms with Crippen molar-refractivity contribution in [3.8, 4) is 11.3 Å². The molecule has 0 radical (unpaired) electrons. The van der Waals surface area contributed by atoms with Gasteiger partial charge in [0.2, 0.25) is 0 Å². The van der Waals surface area contributed by atoms with Crippen LogP contribution in [0.15, 0.2) is 57.8 Å². The third kappa shape index (κ3) is 5.11. The molecule has 11 heteroatoms. The van der Waals surface area contributed by atoms with Crippen LogP contribution in [-0.2, 0) is 6.54 Å². The first-order valence-electron chi connectivity index (χ1n) is 8.51. The van der Waals surface area contributed by atoms with Crippen molar-refractivity contribution >= 4 is 29.2 Å². The van der Waals surface area contributed by atoms with Crippen LogP contribution in [0.4, 0.5) is 5.82 Å².